The molecule has 1 atom stereocenters. The lowest BCUT2D eigenvalue weighted by Gasteiger charge is -2.16. The molecule has 0 saturated heterocycles. The zero-order valence-electron chi connectivity index (χ0n) is 15.3. The summed E-state index contributed by atoms with van der Waals surface area (Å²) in [6.45, 7) is 2.45. The van der Waals surface area contributed by atoms with Gasteiger partial charge in [-0.2, -0.15) is 0 Å². The summed E-state index contributed by atoms with van der Waals surface area (Å²) in [7, 11) is 1.31. The fourth-order valence-electron chi connectivity index (χ4n) is 2.97. The van der Waals surface area contributed by atoms with Gasteiger partial charge in [0.15, 0.2) is 0 Å². The Balaban J connectivity index is 1.76. The fourth-order valence-corrected chi connectivity index (χ4v) is 2.97. The zero-order valence-corrected chi connectivity index (χ0v) is 15.3. The molecule has 0 spiro atoms. The summed E-state index contributed by atoms with van der Waals surface area (Å²) in [5.74, 6) is -0.134. The number of fused-ring (bicyclic) bond motifs is 1. The molecule has 1 aromatic heterocycles. The molecule has 0 aliphatic carbocycles. The van der Waals surface area contributed by atoms with Gasteiger partial charge in [0.25, 0.3) is 5.91 Å². The molecular weight excluding hydrogens is 344 g/mol. The highest BCUT2D eigenvalue weighted by Crippen LogP contribution is 2.20. The van der Waals surface area contributed by atoms with E-state index in [1.165, 1.54) is 7.11 Å². The Morgan fingerprint density at radius 3 is 2.56 bits per heavy atom. The van der Waals surface area contributed by atoms with Gasteiger partial charge in [-0.25, -0.2) is 4.79 Å². The third kappa shape index (κ3) is 4.28. The summed E-state index contributed by atoms with van der Waals surface area (Å²) in [5, 5.41) is 3.79. The Labute approximate surface area is 157 Å². The third-order valence-electron chi connectivity index (χ3n) is 4.32. The number of esters is 1. The van der Waals surface area contributed by atoms with Crippen LogP contribution in [0.2, 0.25) is 0 Å². The first-order chi connectivity index (χ1) is 13.1. The number of H-pyrrole nitrogens is 1. The van der Waals surface area contributed by atoms with Crippen LogP contribution in [0.3, 0.4) is 0 Å². The van der Waals surface area contributed by atoms with Crippen LogP contribution < -0.4 is 10.1 Å². The second kappa shape index (κ2) is 8.40. The molecule has 6 heteroatoms. The number of hydrogen-bond acceptors (Lipinski definition) is 4. The third-order valence-corrected chi connectivity index (χ3v) is 4.32. The van der Waals surface area contributed by atoms with Crippen LogP contribution in [0.1, 0.15) is 22.8 Å². The average molecular weight is 366 g/mol. The maximum absolute atomic E-state index is 12.6. The van der Waals surface area contributed by atoms with E-state index in [4.69, 9.17) is 9.47 Å². The number of benzene rings is 2. The van der Waals surface area contributed by atoms with Crippen molar-refractivity contribution in [2.45, 2.75) is 19.4 Å². The molecule has 1 unspecified atom stereocenters. The van der Waals surface area contributed by atoms with Crippen molar-refractivity contribution in [1.82, 2.24) is 10.3 Å². The van der Waals surface area contributed by atoms with Crippen LogP contribution in [0.15, 0.2) is 54.7 Å². The van der Waals surface area contributed by atoms with Gasteiger partial charge < -0.3 is 19.8 Å². The number of carbonyl (C=O) groups is 2. The van der Waals surface area contributed by atoms with Gasteiger partial charge in [-0.15, -0.1) is 0 Å². The lowest BCUT2D eigenvalue weighted by molar-refractivity contribution is -0.142. The second-order valence-electron chi connectivity index (χ2n) is 6.07. The number of carbonyl (C=O) groups excluding carboxylic acids is 2. The Kier molecular flexibility index (Phi) is 5.76. The Morgan fingerprint density at radius 1 is 1.11 bits per heavy atom. The number of ether oxygens (including phenoxy) is 2. The largest absolute Gasteiger partial charge is 0.494 e. The maximum atomic E-state index is 12.6. The Bertz CT molecular complexity index is 931. The predicted molar refractivity (Wildman–Crippen MR) is 103 cm³/mol. The quantitative estimate of drug-likeness (QED) is 0.630. The lowest BCUT2D eigenvalue weighted by Crippen LogP contribution is -2.43. The van der Waals surface area contributed by atoms with E-state index < -0.39 is 12.0 Å². The van der Waals surface area contributed by atoms with Crippen molar-refractivity contribution in [3.05, 3.63) is 65.9 Å². The van der Waals surface area contributed by atoms with Gasteiger partial charge in [0.1, 0.15) is 11.8 Å². The molecule has 1 amide bonds. The van der Waals surface area contributed by atoms with Crippen molar-refractivity contribution in [1.29, 1.82) is 0 Å². The molecule has 0 bridgehead atoms. The molecule has 27 heavy (non-hydrogen) atoms. The van der Waals surface area contributed by atoms with Crippen LogP contribution in [0.4, 0.5) is 0 Å². The number of aromatic amines is 1. The molecule has 2 N–H and O–H groups in total. The van der Waals surface area contributed by atoms with Crippen molar-refractivity contribution in [2.24, 2.45) is 0 Å². The first-order valence-corrected chi connectivity index (χ1v) is 8.79. The van der Waals surface area contributed by atoms with Gasteiger partial charge in [-0.1, -0.05) is 18.2 Å². The minimum atomic E-state index is -0.784. The van der Waals surface area contributed by atoms with Crippen molar-refractivity contribution in [3.63, 3.8) is 0 Å². The number of hydrogen-bond donors (Lipinski definition) is 2. The highest BCUT2D eigenvalue weighted by atomic mass is 16.5. The monoisotopic (exact) mass is 366 g/mol. The molecule has 0 aliphatic heterocycles. The summed E-state index contributed by atoms with van der Waals surface area (Å²) in [5.41, 5.74) is 2.37. The summed E-state index contributed by atoms with van der Waals surface area (Å²) in [6.07, 6.45) is 2.18. The molecule has 0 aliphatic rings. The van der Waals surface area contributed by atoms with E-state index in [9.17, 15) is 9.59 Å². The molecule has 3 rings (SSSR count). The summed E-state index contributed by atoms with van der Waals surface area (Å²) in [4.78, 5) is 28.0. The first-order valence-electron chi connectivity index (χ1n) is 8.79. The summed E-state index contributed by atoms with van der Waals surface area (Å²) < 4.78 is 10.3. The van der Waals surface area contributed by atoms with Crippen LogP contribution in [-0.2, 0) is 16.0 Å². The molecule has 0 saturated carbocycles. The topological polar surface area (TPSA) is 80.4 Å². The number of amides is 1. The van der Waals surface area contributed by atoms with Gasteiger partial charge in [-0.3, -0.25) is 4.79 Å². The fraction of sp³-hybridized carbons (Fsp3) is 0.238. The second-order valence-corrected chi connectivity index (χ2v) is 6.07. The smallest absolute Gasteiger partial charge is 0.328 e. The summed E-state index contributed by atoms with van der Waals surface area (Å²) >= 11 is 0. The molecule has 0 fully saturated rings. The number of rotatable bonds is 7. The van der Waals surface area contributed by atoms with Gasteiger partial charge >= 0.3 is 5.97 Å². The number of aromatic nitrogens is 1. The van der Waals surface area contributed by atoms with Gasteiger partial charge in [0.2, 0.25) is 0 Å². The standard InChI is InChI=1S/C21H22N2O4/c1-3-27-16-10-8-14(9-11-16)20(24)23-19(21(25)26-2)12-15-13-22-18-7-5-4-6-17(15)18/h4-11,13,19,22H,3,12H2,1-2H3,(H,23,24). The summed E-state index contributed by atoms with van der Waals surface area (Å²) in [6, 6.07) is 13.8. The van der Waals surface area contributed by atoms with E-state index in [2.05, 4.69) is 10.3 Å². The Morgan fingerprint density at radius 2 is 1.85 bits per heavy atom. The minimum absolute atomic E-state index is 0.333. The molecule has 1 heterocycles. The zero-order chi connectivity index (χ0) is 19.2. The highest BCUT2D eigenvalue weighted by Gasteiger charge is 2.23. The van der Waals surface area contributed by atoms with E-state index in [-0.39, 0.29) is 5.91 Å². The molecule has 0 radical (unpaired) electrons. The van der Waals surface area contributed by atoms with Crippen LogP contribution >= 0.6 is 0 Å². The highest BCUT2D eigenvalue weighted by molar-refractivity contribution is 5.97. The van der Waals surface area contributed by atoms with E-state index in [1.54, 1.807) is 24.3 Å². The number of nitrogens with one attached hydrogen (secondary N) is 2. The molecular formula is C21H22N2O4. The maximum Gasteiger partial charge on any atom is 0.328 e. The van der Waals surface area contributed by atoms with Crippen LogP contribution in [0.25, 0.3) is 10.9 Å². The number of para-hydroxylation sites is 1. The average Bonchev–Trinajstić information content (AvgIpc) is 3.10. The van der Waals surface area contributed by atoms with Crippen molar-refractivity contribution in [2.75, 3.05) is 13.7 Å². The normalized spacial score (nSPS) is 11.8. The number of methoxy groups -OCH3 is 1. The Hall–Kier alpha value is -3.28. The van der Waals surface area contributed by atoms with Crippen molar-refractivity contribution in [3.8, 4) is 5.75 Å². The van der Waals surface area contributed by atoms with Crippen LogP contribution in [0.5, 0.6) is 5.75 Å². The van der Waals surface area contributed by atoms with E-state index in [1.807, 2.05) is 37.4 Å². The van der Waals surface area contributed by atoms with Gasteiger partial charge in [0.05, 0.1) is 13.7 Å². The van der Waals surface area contributed by atoms with Crippen LogP contribution in [0, 0.1) is 0 Å². The SMILES string of the molecule is CCOc1ccc(C(=O)NC(Cc2c[nH]c3ccccc23)C(=O)OC)cc1. The van der Waals surface area contributed by atoms with Crippen LogP contribution in [-0.4, -0.2) is 36.6 Å². The lowest BCUT2D eigenvalue weighted by atomic mass is 10.0. The van der Waals surface area contributed by atoms with Crippen molar-refractivity contribution >= 4 is 22.8 Å². The predicted octanol–water partition coefficient (Wildman–Crippen LogP) is 3.08. The molecule has 6 nitrogen and oxygen atoms in total. The van der Waals surface area contributed by atoms with Gasteiger partial charge in [-0.05, 0) is 42.8 Å². The first kappa shape index (κ1) is 18.5. The minimum Gasteiger partial charge on any atom is -0.494 e. The molecule has 3 aromatic rings. The molecule has 140 valence electrons. The van der Waals surface area contributed by atoms with Crippen molar-refractivity contribution < 1.29 is 19.1 Å². The van der Waals surface area contributed by atoms with E-state index in [0.29, 0.717) is 24.3 Å². The van der Waals surface area contributed by atoms with E-state index in [0.717, 1.165) is 16.5 Å². The van der Waals surface area contributed by atoms with Gasteiger partial charge in [0, 0.05) is 29.1 Å². The molecule has 2 aromatic carbocycles. The van der Waals surface area contributed by atoms with E-state index >= 15 is 0 Å².